The minimum absolute atomic E-state index is 0.0355. The molecular weight excluding hydrogens is 204 g/mol. The Bertz CT molecular complexity index is 437. The van der Waals surface area contributed by atoms with Crippen LogP contribution < -0.4 is 4.74 Å². The number of fused-ring (bicyclic) bond motifs is 1. The van der Waals surface area contributed by atoms with Gasteiger partial charge in [0.2, 0.25) is 0 Å². The number of phenolic OH excluding ortho intramolecular Hbond substituents is 1. The van der Waals surface area contributed by atoms with Gasteiger partial charge in [0, 0.05) is 0 Å². The fourth-order valence-corrected chi connectivity index (χ4v) is 1.85. The van der Waals surface area contributed by atoms with Crippen molar-refractivity contribution in [1.82, 2.24) is 0 Å². The van der Waals surface area contributed by atoms with Gasteiger partial charge in [0.05, 0.1) is 12.0 Å². The summed E-state index contributed by atoms with van der Waals surface area (Å²) in [6.45, 7) is 6.03. The molecule has 0 spiro atoms. The lowest BCUT2D eigenvalue weighted by Gasteiger charge is -2.38. The number of ether oxygens (including phenoxy) is 1. The van der Waals surface area contributed by atoms with Crippen LogP contribution in [0.3, 0.4) is 0 Å². The number of carbonyl (C=O) groups is 1. The quantitative estimate of drug-likeness (QED) is 0.791. The molecule has 1 N–H and O–H groups in total. The monoisotopic (exact) mass is 220 g/mol. The summed E-state index contributed by atoms with van der Waals surface area (Å²) in [4.78, 5) is 12.0. The number of Topliss-reactive ketones (excluding diaryl/α,β-unsaturated/α-hetero) is 1. The number of aromatic hydroxyl groups is 1. The fourth-order valence-electron chi connectivity index (χ4n) is 1.85. The molecule has 1 heterocycles. The number of benzene rings is 1. The summed E-state index contributed by atoms with van der Waals surface area (Å²) in [6.07, 6.45) is 0.362. The van der Waals surface area contributed by atoms with Crippen LogP contribution in [-0.4, -0.2) is 16.5 Å². The van der Waals surface area contributed by atoms with Crippen molar-refractivity contribution in [3.8, 4) is 11.5 Å². The SMILES string of the molecule is CC(C)C1(C)CC(=O)c2cc(O)ccc2O1. The van der Waals surface area contributed by atoms with Crippen LogP contribution in [0.5, 0.6) is 11.5 Å². The highest BCUT2D eigenvalue weighted by Crippen LogP contribution is 2.38. The van der Waals surface area contributed by atoms with Crippen molar-refractivity contribution >= 4 is 5.78 Å². The number of ketones is 1. The summed E-state index contributed by atoms with van der Waals surface area (Å²) >= 11 is 0. The van der Waals surface area contributed by atoms with Crippen LogP contribution >= 0.6 is 0 Å². The van der Waals surface area contributed by atoms with E-state index in [9.17, 15) is 9.90 Å². The molecule has 0 aromatic heterocycles. The number of hydrogen-bond donors (Lipinski definition) is 1. The zero-order chi connectivity index (χ0) is 11.9. The highest BCUT2D eigenvalue weighted by atomic mass is 16.5. The van der Waals surface area contributed by atoms with Crippen molar-refractivity contribution < 1.29 is 14.6 Å². The Balaban J connectivity index is 2.45. The van der Waals surface area contributed by atoms with E-state index >= 15 is 0 Å². The first kappa shape index (κ1) is 11.0. The largest absolute Gasteiger partial charge is 0.508 e. The van der Waals surface area contributed by atoms with E-state index < -0.39 is 5.60 Å². The first-order chi connectivity index (χ1) is 7.42. The Hall–Kier alpha value is -1.51. The van der Waals surface area contributed by atoms with E-state index in [0.29, 0.717) is 17.7 Å². The molecule has 0 fully saturated rings. The van der Waals surface area contributed by atoms with Crippen LogP contribution in [0.25, 0.3) is 0 Å². The molecule has 1 aromatic rings. The molecule has 1 aliphatic rings. The van der Waals surface area contributed by atoms with Crippen molar-refractivity contribution in [2.24, 2.45) is 5.92 Å². The van der Waals surface area contributed by atoms with Crippen LogP contribution in [0.15, 0.2) is 18.2 Å². The van der Waals surface area contributed by atoms with Gasteiger partial charge in [-0.25, -0.2) is 0 Å². The van der Waals surface area contributed by atoms with Crippen molar-refractivity contribution in [1.29, 1.82) is 0 Å². The molecule has 16 heavy (non-hydrogen) atoms. The van der Waals surface area contributed by atoms with Crippen molar-refractivity contribution in [2.75, 3.05) is 0 Å². The van der Waals surface area contributed by atoms with E-state index in [0.717, 1.165) is 0 Å². The first-order valence-corrected chi connectivity index (χ1v) is 5.47. The predicted octanol–water partition coefficient (Wildman–Crippen LogP) is 2.77. The highest BCUT2D eigenvalue weighted by Gasteiger charge is 2.39. The molecule has 86 valence electrons. The van der Waals surface area contributed by atoms with E-state index in [1.54, 1.807) is 6.07 Å². The third kappa shape index (κ3) is 1.66. The lowest BCUT2D eigenvalue weighted by atomic mass is 9.83. The molecule has 0 amide bonds. The van der Waals surface area contributed by atoms with Gasteiger partial charge in [-0.1, -0.05) is 13.8 Å². The fraction of sp³-hybridized carbons (Fsp3) is 0.462. The second-order valence-corrected chi connectivity index (χ2v) is 4.85. The highest BCUT2D eigenvalue weighted by molar-refractivity contribution is 6.00. The Kier molecular flexibility index (Phi) is 2.41. The number of carbonyl (C=O) groups excluding carboxylic acids is 1. The summed E-state index contributed by atoms with van der Waals surface area (Å²) in [6, 6.07) is 4.66. The maximum atomic E-state index is 12.0. The van der Waals surface area contributed by atoms with E-state index in [1.165, 1.54) is 12.1 Å². The Morgan fingerprint density at radius 2 is 2.12 bits per heavy atom. The van der Waals surface area contributed by atoms with Gasteiger partial charge in [0.1, 0.15) is 17.1 Å². The van der Waals surface area contributed by atoms with Crippen LogP contribution in [0.4, 0.5) is 0 Å². The average Bonchev–Trinajstić information content (AvgIpc) is 2.19. The standard InChI is InChI=1S/C13H16O3/c1-8(2)13(3)7-11(15)10-6-9(14)4-5-12(10)16-13/h4-6,8,14H,7H2,1-3H3. The zero-order valence-corrected chi connectivity index (χ0v) is 9.78. The summed E-state index contributed by atoms with van der Waals surface area (Å²) in [7, 11) is 0. The Labute approximate surface area is 95.0 Å². The maximum Gasteiger partial charge on any atom is 0.170 e. The lowest BCUT2D eigenvalue weighted by Crippen LogP contribution is -2.43. The summed E-state index contributed by atoms with van der Waals surface area (Å²) in [5.41, 5.74) is 0.0410. The average molecular weight is 220 g/mol. The Morgan fingerprint density at radius 1 is 1.44 bits per heavy atom. The van der Waals surface area contributed by atoms with Crippen molar-refractivity contribution in [3.63, 3.8) is 0 Å². The van der Waals surface area contributed by atoms with E-state index in [2.05, 4.69) is 0 Å². The van der Waals surface area contributed by atoms with Crippen molar-refractivity contribution in [3.05, 3.63) is 23.8 Å². The molecule has 3 heteroatoms. The third-order valence-electron chi connectivity index (χ3n) is 3.34. The summed E-state index contributed by atoms with van der Waals surface area (Å²) in [5.74, 6) is 0.973. The maximum absolute atomic E-state index is 12.0. The minimum atomic E-state index is -0.443. The zero-order valence-electron chi connectivity index (χ0n) is 9.78. The number of phenols is 1. The summed E-state index contributed by atoms with van der Waals surface area (Å²) < 4.78 is 5.87. The first-order valence-electron chi connectivity index (χ1n) is 5.47. The molecule has 0 aliphatic carbocycles. The second-order valence-electron chi connectivity index (χ2n) is 4.85. The molecule has 2 rings (SSSR count). The van der Waals surface area contributed by atoms with E-state index in [-0.39, 0.29) is 17.5 Å². The molecule has 0 bridgehead atoms. The predicted molar refractivity (Wildman–Crippen MR) is 60.9 cm³/mol. The molecule has 0 saturated carbocycles. The van der Waals surface area contributed by atoms with Gasteiger partial charge in [0.15, 0.2) is 5.78 Å². The summed E-state index contributed by atoms with van der Waals surface area (Å²) in [5, 5.41) is 9.34. The topological polar surface area (TPSA) is 46.5 Å². The molecule has 1 aromatic carbocycles. The van der Waals surface area contributed by atoms with Gasteiger partial charge in [-0.15, -0.1) is 0 Å². The van der Waals surface area contributed by atoms with Crippen LogP contribution in [0.1, 0.15) is 37.6 Å². The van der Waals surface area contributed by atoms with Gasteiger partial charge in [0.25, 0.3) is 0 Å². The molecule has 1 unspecified atom stereocenters. The van der Waals surface area contributed by atoms with Crippen molar-refractivity contribution in [2.45, 2.75) is 32.8 Å². The van der Waals surface area contributed by atoms with Gasteiger partial charge in [-0.3, -0.25) is 4.79 Å². The van der Waals surface area contributed by atoms with Gasteiger partial charge in [-0.2, -0.15) is 0 Å². The molecule has 3 nitrogen and oxygen atoms in total. The normalized spacial score (nSPS) is 24.1. The smallest absolute Gasteiger partial charge is 0.170 e. The van der Waals surface area contributed by atoms with E-state index in [4.69, 9.17) is 4.74 Å². The lowest BCUT2D eigenvalue weighted by molar-refractivity contribution is 0.0211. The van der Waals surface area contributed by atoms with Gasteiger partial charge >= 0.3 is 0 Å². The van der Waals surface area contributed by atoms with Crippen LogP contribution in [-0.2, 0) is 0 Å². The van der Waals surface area contributed by atoms with Gasteiger partial charge < -0.3 is 9.84 Å². The Morgan fingerprint density at radius 3 is 2.75 bits per heavy atom. The van der Waals surface area contributed by atoms with Gasteiger partial charge in [-0.05, 0) is 31.0 Å². The minimum Gasteiger partial charge on any atom is -0.508 e. The second kappa shape index (κ2) is 3.51. The van der Waals surface area contributed by atoms with Crippen LogP contribution in [0, 0.1) is 5.92 Å². The van der Waals surface area contributed by atoms with E-state index in [1.807, 2.05) is 20.8 Å². The molecule has 1 aliphatic heterocycles. The van der Waals surface area contributed by atoms with Crippen LogP contribution in [0.2, 0.25) is 0 Å². The third-order valence-corrected chi connectivity index (χ3v) is 3.34. The number of rotatable bonds is 1. The molecule has 0 radical (unpaired) electrons. The number of hydrogen-bond acceptors (Lipinski definition) is 3. The molecule has 0 saturated heterocycles. The molecular formula is C13H16O3. The molecule has 1 atom stereocenters.